The molecule has 0 aliphatic rings. The van der Waals surface area contributed by atoms with Crippen LogP contribution in [0.5, 0.6) is 0 Å². The molecule has 0 bridgehead atoms. The van der Waals surface area contributed by atoms with Gasteiger partial charge in [0.1, 0.15) is 0 Å². The van der Waals surface area contributed by atoms with E-state index < -0.39 is 0 Å². The summed E-state index contributed by atoms with van der Waals surface area (Å²) in [6, 6.07) is 7.16. The second kappa shape index (κ2) is 4.27. The number of hydrogen-bond acceptors (Lipinski definition) is 1. The fourth-order valence-corrected chi connectivity index (χ4v) is 1.29. The summed E-state index contributed by atoms with van der Waals surface area (Å²) < 4.78 is 0. The first-order valence-corrected chi connectivity index (χ1v) is 4.41. The van der Waals surface area contributed by atoms with Crippen LogP contribution in [0.3, 0.4) is 0 Å². The van der Waals surface area contributed by atoms with E-state index in [-0.39, 0.29) is 5.78 Å². The van der Waals surface area contributed by atoms with E-state index in [9.17, 15) is 4.79 Å². The zero-order valence-corrected chi connectivity index (χ0v) is 7.77. The molecule has 64 valence electrons. The first-order chi connectivity index (χ1) is 5.75. The highest BCUT2D eigenvalue weighted by Gasteiger charge is 2.07. The Bertz CT molecular complexity index is 281. The smallest absolute Gasteiger partial charge is 0.164 e. The van der Waals surface area contributed by atoms with Gasteiger partial charge in [-0.2, -0.15) is 0 Å². The molecule has 0 aliphatic heterocycles. The number of carbonyl (C=O) groups is 1. The third-order valence-electron chi connectivity index (χ3n) is 1.65. The topological polar surface area (TPSA) is 17.1 Å². The van der Waals surface area contributed by atoms with E-state index in [1.165, 1.54) is 0 Å². The Labute approximate surface area is 77.4 Å². The standard InChI is InChI=1S/C10H11ClO/c1-2-5-10(12)8-6-3-4-7-9(8)11/h3-4,6-7H,2,5H2,1H3. The lowest BCUT2D eigenvalue weighted by Gasteiger charge is -2.00. The van der Waals surface area contributed by atoms with Gasteiger partial charge in [-0.15, -0.1) is 0 Å². The summed E-state index contributed by atoms with van der Waals surface area (Å²) in [5.41, 5.74) is 0.640. The molecular weight excluding hydrogens is 172 g/mol. The lowest BCUT2D eigenvalue weighted by Crippen LogP contribution is -1.98. The average molecular weight is 183 g/mol. The summed E-state index contributed by atoms with van der Waals surface area (Å²) in [7, 11) is 0. The monoisotopic (exact) mass is 182 g/mol. The highest BCUT2D eigenvalue weighted by atomic mass is 35.5. The van der Waals surface area contributed by atoms with Crippen LogP contribution in [0.25, 0.3) is 0 Å². The third kappa shape index (κ3) is 2.08. The predicted octanol–water partition coefficient (Wildman–Crippen LogP) is 3.32. The summed E-state index contributed by atoms with van der Waals surface area (Å²) in [6.45, 7) is 1.98. The van der Waals surface area contributed by atoms with E-state index in [0.717, 1.165) is 6.42 Å². The maximum absolute atomic E-state index is 11.4. The Kier molecular flexibility index (Phi) is 3.30. The first kappa shape index (κ1) is 9.27. The molecule has 0 saturated heterocycles. The highest BCUT2D eigenvalue weighted by Crippen LogP contribution is 2.16. The Balaban J connectivity index is 2.87. The van der Waals surface area contributed by atoms with Crippen molar-refractivity contribution < 1.29 is 4.79 Å². The normalized spacial score (nSPS) is 9.83. The molecule has 0 fully saturated rings. The molecule has 0 aliphatic carbocycles. The van der Waals surface area contributed by atoms with Crippen LogP contribution in [-0.2, 0) is 0 Å². The average Bonchev–Trinajstić information content (AvgIpc) is 2.05. The minimum absolute atomic E-state index is 0.128. The molecule has 1 rings (SSSR count). The summed E-state index contributed by atoms with van der Waals surface area (Å²) in [5.74, 6) is 0.128. The van der Waals surface area contributed by atoms with E-state index in [2.05, 4.69) is 0 Å². The third-order valence-corrected chi connectivity index (χ3v) is 1.98. The second-order valence-electron chi connectivity index (χ2n) is 2.65. The van der Waals surface area contributed by atoms with E-state index in [4.69, 9.17) is 11.6 Å². The molecule has 1 aromatic carbocycles. The molecular formula is C10H11ClO. The molecule has 0 amide bonds. The Hall–Kier alpha value is -0.820. The summed E-state index contributed by atoms with van der Waals surface area (Å²) in [4.78, 5) is 11.4. The molecule has 1 aromatic rings. The molecule has 0 saturated carbocycles. The van der Waals surface area contributed by atoms with Gasteiger partial charge in [-0.3, -0.25) is 4.79 Å². The largest absolute Gasteiger partial charge is 0.294 e. The van der Waals surface area contributed by atoms with Crippen LogP contribution in [0.4, 0.5) is 0 Å². The number of rotatable bonds is 3. The zero-order chi connectivity index (χ0) is 8.97. The lowest BCUT2D eigenvalue weighted by molar-refractivity contribution is 0.0982. The number of Topliss-reactive ketones (excluding diaryl/α,β-unsaturated/α-hetero) is 1. The van der Waals surface area contributed by atoms with Crippen molar-refractivity contribution >= 4 is 17.4 Å². The van der Waals surface area contributed by atoms with Crippen LogP contribution in [0, 0.1) is 0 Å². The van der Waals surface area contributed by atoms with Crippen molar-refractivity contribution in [2.45, 2.75) is 19.8 Å². The summed E-state index contributed by atoms with van der Waals surface area (Å²) in [6.07, 6.45) is 1.44. The van der Waals surface area contributed by atoms with Gasteiger partial charge in [0.2, 0.25) is 0 Å². The maximum Gasteiger partial charge on any atom is 0.164 e. The molecule has 0 spiro atoms. The fourth-order valence-electron chi connectivity index (χ4n) is 1.05. The van der Waals surface area contributed by atoms with E-state index in [1.807, 2.05) is 19.1 Å². The number of carbonyl (C=O) groups excluding carboxylic acids is 1. The zero-order valence-electron chi connectivity index (χ0n) is 7.01. The molecule has 0 radical (unpaired) electrons. The highest BCUT2D eigenvalue weighted by molar-refractivity contribution is 6.33. The number of benzene rings is 1. The van der Waals surface area contributed by atoms with Crippen LogP contribution in [-0.4, -0.2) is 5.78 Å². The van der Waals surface area contributed by atoms with E-state index in [0.29, 0.717) is 17.0 Å². The van der Waals surface area contributed by atoms with Crippen LogP contribution in [0.1, 0.15) is 30.1 Å². The van der Waals surface area contributed by atoms with Gasteiger partial charge in [-0.1, -0.05) is 30.7 Å². The Morgan fingerprint density at radius 2 is 2.08 bits per heavy atom. The first-order valence-electron chi connectivity index (χ1n) is 4.03. The van der Waals surface area contributed by atoms with Crippen molar-refractivity contribution in [1.29, 1.82) is 0 Å². The summed E-state index contributed by atoms with van der Waals surface area (Å²) >= 11 is 5.83. The van der Waals surface area contributed by atoms with Gasteiger partial charge in [0, 0.05) is 12.0 Å². The molecule has 2 heteroatoms. The molecule has 0 atom stereocenters. The van der Waals surface area contributed by atoms with Crippen molar-refractivity contribution in [3.63, 3.8) is 0 Å². The molecule has 0 N–H and O–H groups in total. The number of ketones is 1. The van der Waals surface area contributed by atoms with E-state index in [1.54, 1.807) is 12.1 Å². The van der Waals surface area contributed by atoms with Crippen LogP contribution >= 0.6 is 11.6 Å². The predicted molar refractivity (Wildman–Crippen MR) is 50.7 cm³/mol. The van der Waals surface area contributed by atoms with Gasteiger partial charge in [-0.25, -0.2) is 0 Å². The van der Waals surface area contributed by atoms with Gasteiger partial charge in [-0.05, 0) is 18.6 Å². The molecule has 1 nitrogen and oxygen atoms in total. The quantitative estimate of drug-likeness (QED) is 0.656. The van der Waals surface area contributed by atoms with Gasteiger partial charge in [0.15, 0.2) is 5.78 Å². The van der Waals surface area contributed by atoms with Crippen LogP contribution in [0.2, 0.25) is 5.02 Å². The van der Waals surface area contributed by atoms with Crippen LogP contribution < -0.4 is 0 Å². The molecule has 0 unspecified atom stereocenters. The van der Waals surface area contributed by atoms with Gasteiger partial charge in [0.05, 0.1) is 5.02 Å². The van der Waals surface area contributed by atoms with Crippen molar-refractivity contribution in [2.75, 3.05) is 0 Å². The van der Waals surface area contributed by atoms with Gasteiger partial charge in [0.25, 0.3) is 0 Å². The lowest BCUT2D eigenvalue weighted by atomic mass is 10.1. The van der Waals surface area contributed by atoms with Crippen molar-refractivity contribution in [3.8, 4) is 0 Å². The van der Waals surface area contributed by atoms with Crippen molar-refractivity contribution in [2.24, 2.45) is 0 Å². The summed E-state index contributed by atoms with van der Waals surface area (Å²) in [5, 5.41) is 0.552. The number of halogens is 1. The Morgan fingerprint density at radius 1 is 1.42 bits per heavy atom. The van der Waals surface area contributed by atoms with E-state index >= 15 is 0 Å². The molecule has 0 heterocycles. The van der Waals surface area contributed by atoms with Gasteiger partial charge >= 0.3 is 0 Å². The Morgan fingerprint density at radius 3 is 2.67 bits per heavy atom. The SMILES string of the molecule is CCCC(=O)c1ccccc1Cl. The van der Waals surface area contributed by atoms with Crippen LogP contribution in [0.15, 0.2) is 24.3 Å². The van der Waals surface area contributed by atoms with Crippen molar-refractivity contribution in [3.05, 3.63) is 34.9 Å². The molecule has 0 aromatic heterocycles. The number of hydrogen-bond donors (Lipinski definition) is 0. The minimum Gasteiger partial charge on any atom is -0.294 e. The van der Waals surface area contributed by atoms with Crippen molar-refractivity contribution in [1.82, 2.24) is 0 Å². The minimum atomic E-state index is 0.128. The van der Waals surface area contributed by atoms with Gasteiger partial charge < -0.3 is 0 Å². The fraction of sp³-hybridized carbons (Fsp3) is 0.300. The maximum atomic E-state index is 11.4. The second-order valence-corrected chi connectivity index (χ2v) is 3.06. The molecule has 12 heavy (non-hydrogen) atoms.